The molecule has 0 amide bonds. The van der Waals surface area contributed by atoms with E-state index < -0.39 is 0 Å². The summed E-state index contributed by atoms with van der Waals surface area (Å²) in [6, 6.07) is 67.9. The third-order valence-electron chi connectivity index (χ3n) is 10.1. The SMILES string of the molecule is c1ccc(-c2cccc(-c3cc(-c4ccc(-c5cc6c7cccc(-c8ccccc8)c7oc6c6ccccc56)cc4)nc(-c4ccccc4)n3)c2)cc1. The van der Waals surface area contributed by atoms with Crippen LogP contribution in [0.4, 0.5) is 0 Å². The van der Waals surface area contributed by atoms with Crippen LogP contribution in [0.5, 0.6) is 0 Å². The van der Waals surface area contributed by atoms with Crippen LogP contribution in [0.1, 0.15) is 0 Å². The Kier molecular flexibility index (Phi) is 7.47. The fourth-order valence-corrected chi connectivity index (χ4v) is 7.47. The van der Waals surface area contributed by atoms with Crippen LogP contribution in [0.15, 0.2) is 199 Å². The lowest BCUT2D eigenvalue weighted by Gasteiger charge is -2.12. The van der Waals surface area contributed by atoms with Gasteiger partial charge in [-0.2, -0.15) is 0 Å². The Hall–Kier alpha value is -7.10. The van der Waals surface area contributed by atoms with E-state index in [4.69, 9.17) is 14.4 Å². The van der Waals surface area contributed by atoms with Crippen molar-refractivity contribution in [3.63, 3.8) is 0 Å². The lowest BCUT2D eigenvalue weighted by atomic mass is 9.94. The Labute approximate surface area is 307 Å². The smallest absolute Gasteiger partial charge is 0.160 e. The number of para-hydroxylation sites is 1. The van der Waals surface area contributed by atoms with Gasteiger partial charge in [-0.25, -0.2) is 9.97 Å². The molecule has 0 N–H and O–H groups in total. The third-order valence-corrected chi connectivity index (χ3v) is 10.1. The molecule has 0 fully saturated rings. The highest BCUT2D eigenvalue weighted by molar-refractivity contribution is 6.20. The fourth-order valence-electron chi connectivity index (χ4n) is 7.47. The van der Waals surface area contributed by atoms with E-state index in [1.165, 1.54) is 11.1 Å². The van der Waals surface area contributed by atoms with Gasteiger partial charge < -0.3 is 4.42 Å². The zero-order valence-corrected chi connectivity index (χ0v) is 28.8. The number of fused-ring (bicyclic) bond motifs is 5. The van der Waals surface area contributed by atoms with Crippen molar-refractivity contribution in [1.82, 2.24) is 9.97 Å². The maximum atomic E-state index is 6.73. The largest absolute Gasteiger partial charge is 0.455 e. The van der Waals surface area contributed by atoms with E-state index in [2.05, 4.69) is 164 Å². The Morgan fingerprint density at radius 3 is 1.53 bits per heavy atom. The highest BCUT2D eigenvalue weighted by Crippen LogP contribution is 2.42. The molecule has 0 saturated carbocycles. The summed E-state index contributed by atoms with van der Waals surface area (Å²) in [6.45, 7) is 0. The van der Waals surface area contributed by atoms with Crippen molar-refractivity contribution in [2.45, 2.75) is 0 Å². The van der Waals surface area contributed by atoms with Gasteiger partial charge in [0.05, 0.1) is 11.4 Å². The van der Waals surface area contributed by atoms with Gasteiger partial charge in [0.1, 0.15) is 11.2 Å². The lowest BCUT2D eigenvalue weighted by molar-refractivity contribution is 0.674. The van der Waals surface area contributed by atoms with Crippen molar-refractivity contribution in [2.75, 3.05) is 0 Å². The molecule has 0 bridgehead atoms. The molecule has 0 unspecified atom stereocenters. The topological polar surface area (TPSA) is 38.9 Å². The molecule has 53 heavy (non-hydrogen) atoms. The molecule has 0 radical (unpaired) electrons. The molecular weight excluding hydrogens is 645 g/mol. The zero-order chi connectivity index (χ0) is 35.1. The molecule has 0 aliphatic carbocycles. The van der Waals surface area contributed by atoms with Gasteiger partial charge in [-0.3, -0.25) is 0 Å². The third kappa shape index (κ3) is 5.56. The average Bonchev–Trinajstić information content (AvgIpc) is 3.63. The lowest BCUT2D eigenvalue weighted by Crippen LogP contribution is -1.96. The molecule has 0 spiro atoms. The van der Waals surface area contributed by atoms with Gasteiger partial charge in [0, 0.05) is 38.4 Å². The number of aromatic nitrogens is 2. The summed E-state index contributed by atoms with van der Waals surface area (Å²) in [4.78, 5) is 10.2. The van der Waals surface area contributed by atoms with E-state index >= 15 is 0 Å². The molecule has 2 aromatic heterocycles. The first-order chi connectivity index (χ1) is 26.3. The first kappa shape index (κ1) is 30.7. The molecule has 8 aromatic carbocycles. The van der Waals surface area contributed by atoms with Crippen molar-refractivity contribution >= 4 is 32.7 Å². The molecule has 10 rings (SSSR count). The summed E-state index contributed by atoms with van der Waals surface area (Å²) in [7, 11) is 0. The van der Waals surface area contributed by atoms with Crippen molar-refractivity contribution in [1.29, 1.82) is 0 Å². The van der Waals surface area contributed by atoms with E-state index in [1.54, 1.807) is 0 Å². The Balaban J connectivity index is 1.09. The molecule has 0 atom stereocenters. The van der Waals surface area contributed by atoms with Gasteiger partial charge in [-0.1, -0.05) is 176 Å². The minimum atomic E-state index is 0.699. The number of nitrogens with zero attached hydrogens (tertiary/aromatic N) is 2. The minimum absolute atomic E-state index is 0.699. The Morgan fingerprint density at radius 1 is 0.283 bits per heavy atom. The molecular formula is C50H32N2O. The fraction of sp³-hybridized carbons (Fsp3) is 0. The second-order valence-electron chi connectivity index (χ2n) is 13.3. The Bertz CT molecular complexity index is 2910. The average molecular weight is 677 g/mol. The van der Waals surface area contributed by atoms with E-state index in [9.17, 15) is 0 Å². The molecule has 0 aliphatic heterocycles. The van der Waals surface area contributed by atoms with Crippen LogP contribution >= 0.6 is 0 Å². The van der Waals surface area contributed by atoms with E-state index in [1.807, 2.05) is 30.3 Å². The summed E-state index contributed by atoms with van der Waals surface area (Å²) in [6.07, 6.45) is 0. The maximum Gasteiger partial charge on any atom is 0.160 e. The highest BCUT2D eigenvalue weighted by atomic mass is 16.3. The normalized spacial score (nSPS) is 11.4. The number of benzene rings is 8. The molecule has 10 aromatic rings. The van der Waals surface area contributed by atoms with Crippen LogP contribution in [0, 0.1) is 0 Å². The van der Waals surface area contributed by atoms with E-state index in [-0.39, 0.29) is 0 Å². The van der Waals surface area contributed by atoms with E-state index in [0.717, 1.165) is 83.0 Å². The van der Waals surface area contributed by atoms with Crippen LogP contribution in [0.3, 0.4) is 0 Å². The van der Waals surface area contributed by atoms with E-state index in [0.29, 0.717) is 5.82 Å². The van der Waals surface area contributed by atoms with Crippen molar-refractivity contribution < 1.29 is 4.42 Å². The minimum Gasteiger partial charge on any atom is -0.455 e. The van der Waals surface area contributed by atoms with Gasteiger partial charge in [-0.05, 0) is 51.4 Å². The van der Waals surface area contributed by atoms with Gasteiger partial charge in [-0.15, -0.1) is 0 Å². The number of rotatable bonds is 6. The predicted octanol–water partition coefficient (Wildman–Crippen LogP) is 13.5. The van der Waals surface area contributed by atoms with Gasteiger partial charge in [0.25, 0.3) is 0 Å². The quantitative estimate of drug-likeness (QED) is 0.176. The summed E-state index contributed by atoms with van der Waals surface area (Å²) in [5, 5.41) is 4.48. The van der Waals surface area contributed by atoms with Crippen LogP contribution in [0.2, 0.25) is 0 Å². The second-order valence-corrected chi connectivity index (χ2v) is 13.3. The molecule has 3 heteroatoms. The molecule has 0 aliphatic rings. The van der Waals surface area contributed by atoms with Crippen LogP contribution in [0.25, 0.3) is 100.0 Å². The summed E-state index contributed by atoms with van der Waals surface area (Å²) in [5.74, 6) is 0.699. The first-order valence-corrected chi connectivity index (χ1v) is 17.9. The van der Waals surface area contributed by atoms with Crippen LogP contribution in [-0.2, 0) is 0 Å². The number of hydrogen-bond donors (Lipinski definition) is 0. The molecule has 3 nitrogen and oxygen atoms in total. The number of furan rings is 1. The van der Waals surface area contributed by atoms with Crippen molar-refractivity contribution in [2.24, 2.45) is 0 Å². The second kappa shape index (κ2) is 12.9. The molecule has 248 valence electrons. The maximum absolute atomic E-state index is 6.73. The zero-order valence-electron chi connectivity index (χ0n) is 28.8. The number of hydrogen-bond acceptors (Lipinski definition) is 3. The van der Waals surface area contributed by atoms with Crippen molar-refractivity contribution in [3.8, 4) is 67.3 Å². The van der Waals surface area contributed by atoms with Gasteiger partial charge in [0.2, 0.25) is 0 Å². The molecule has 2 heterocycles. The summed E-state index contributed by atoms with van der Waals surface area (Å²) < 4.78 is 6.73. The first-order valence-electron chi connectivity index (χ1n) is 17.9. The predicted molar refractivity (Wildman–Crippen MR) is 219 cm³/mol. The Morgan fingerprint density at radius 2 is 0.792 bits per heavy atom. The van der Waals surface area contributed by atoms with Crippen LogP contribution in [-0.4, -0.2) is 9.97 Å². The standard InChI is InChI=1S/C50H32N2O/c1-4-14-33(15-5-1)38-20-12-21-39(30-38)47-32-46(51-50(52-47)37-18-8-3-9-19-37)36-28-26-35(27-29-36)44-31-45-43-25-13-24-40(34-16-6-2-7-17-34)48(43)53-49(45)42-23-11-10-22-41(42)44/h1-32H. The van der Waals surface area contributed by atoms with Crippen LogP contribution < -0.4 is 0 Å². The van der Waals surface area contributed by atoms with Gasteiger partial charge in [0.15, 0.2) is 5.82 Å². The monoisotopic (exact) mass is 676 g/mol. The van der Waals surface area contributed by atoms with Gasteiger partial charge >= 0.3 is 0 Å². The summed E-state index contributed by atoms with van der Waals surface area (Å²) >= 11 is 0. The summed E-state index contributed by atoms with van der Waals surface area (Å²) in [5.41, 5.74) is 13.5. The highest BCUT2D eigenvalue weighted by Gasteiger charge is 2.18. The van der Waals surface area contributed by atoms with Crippen molar-refractivity contribution in [3.05, 3.63) is 194 Å². The molecule has 0 saturated heterocycles.